The second-order valence-electron chi connectivity index (χ2n) is 5.08. The molecule has 22 heavy (non-hydrogen) atoms. The number of hydrogen-bond acceptors (Lipinski definition) is 6. The summed E-state index contributed by atoms with van der Waals surface area (Å²) >= 11 is 1.15. The van der Waals surface area contributed by atoms with Crippen LogP contribution in [-0.2, 0) is 7.05 Å². The van der Waals surface area contributed by atoms with E-state index in [1.807, 2.05) is 25.5 Å². The van der Waals surface area contributed by atoms with E-state index in [0.717, 1.165) is 17.6 Å². The van der Waals surface area contributed by atoms with Crippen LogP contribution in [0.3, 0.4) is 0 Å². The van der Waals surface area contributed by atoms with Crippen LogP contribution in [0.5, 0.6) is 0 Å². The molecule has 0 bridgehead atoms. The van der Waals surface area contributed by atoms with Crippen molar-refractivity contribution >= 4 is 23.2 Å². The Morgan fingerprint density at radius 1 is 1.32 bits per heavy atom. The second-order valence-corrected chi connectivity index (χ2v) is 6.04. The zero-order valence-electron chi connectivity index (χ0n) is 12.3. The van der Waals surface area contributed by atoms with Gasteiger partial charge in [0.15, 0.2) is 5.16 Å². The lowest BCUT2D eigenvalue weighted by molar-refractivity contribution is -0.393. The predicted molar refractivity (Wildman–Crippen MR) is 81.1 cm³/mol. The maximum absolute atomic E-state index is 11.4. The fourth-order valence-corrected chi connectivity index (χ4v) is 3.09. The molecule has 0 saturated heterocycles. The quantitative estimate of drug-likeness (QED) is 0.542. The largest absolute Gasteiger partial charge is 0.362 e. The van der Waals surface area contributed by atoms with Gasteiger partial charge in [0.1, 0.15) is 5.82 Å². The van der Waals surface area contributed by atoms with E-state index in [0.29, 0.717) is 15.8 Å². The van der Waals surface area contributed by atoms with Crippen molar-refractivity contribution in [2.24, 2.45) is 7.05 Å². The molecule has 3 aromatic heterocycles. The van der Waals surface area contributed by atoms with Gasteiger partial charge in [-0.05, 0) is 22.8 Å². The maximum atomic E-state index is 11.4. The first kappa shape index (κ1) is 14.5. The topological polar surface area (TPSA) is 91.2 Å². The molecule has 0 radical (unpaired) electrons. The molecule has 0 N–H and O–H groups in total. The summed E-state index contributed by atoms with van der Waals surface area (Å²) in [6, 6.07) is 5.25. The van der Waals surface area contributed by atoms with Gasteiger partial charge in [-0.15, -0.1) is 10.2 Å². The third-order valence-electron chi connectivity index (χ3n) is 3.22. The van der Waals surface area contributed by atoms with Crippen molar-refractivity contribution in [2.75, 3.05) is 0 Å². The lowest BCUT2D eigenvalue weighted by Crippen LogP contribution is -2.01. The number of pyridine rings is 1. The smallest absolute Gasteiger partial charge is 0.358 e. The minimum Gasteiger partial charge on any atom is -0.358 e. The number of hydrogen-bond donors (Lipinski definition) is 0. The van der Waals surface area contributed by atoms with Crippen LogP contribution in [0.15, 0.2) is 34.6 Å². The number of imidazole rings is 1. The van der Waals surface area contributed by atoms with Gasteiger partial charge in [0.25, 0.3) is 0 Å². The van der Waals surface area contributed by atoms with E-state index >= 15 is 0 Å². The maximum Gasteiger partial charge on any atom is 0.362 e. The van der Waals surface area contributed by atoms with E-state index in [1.165, 1.54) is 4.40 Å². The first-order valence-electron chi connectivity index (χ1n) is 6.67. The minimum absolute atomic E-state index is 0.0605. The highest BCUT2D eigenvalue weighted by atomic mass is 32.2. The highest BCUT2D eigenvalue weighted by molar-refractivity contribution is 7.99. The number of rotatable bonds is 4. The standard InChI is InChI=1S/C13H14N6O2S/c1-8(2)10-15-16-13(17(10)3)22-11-12(19(20)21)18-7-5-4-6-9(18)14-11/h4-8H,1-3H3. The summed E-state index contributed by atoms with van der Waals surface area (Å²) in [5.74, 6) is 0.992. The average molecular weight is 318 g/mol. The van der Waals surface area contributed by atoms with Gasteiger partial charge in [-0.3, -0.25) is 0 Å². The third kappa shape index (κ3) is 2.33. The van der Waals surface area contributed by atoms with Crippen LogP contribution < -0.4 is 0 Å². The number of fused-ring (bicyclic) bond motifs is 1. The first-order chi connectivity index (χ1) is 10.5. The fourth-order valence-electron chi connectivity index (χ4n) is 2.20. The SMILES string of the molecule is CC(C)c1nnc(Sc2nc3ccccn3c2[N+](=O)[O-])n1C. The molecule has 0 fully saturated rings. The first-order valence-corrected chi connectivity index (χ1v) is 7.49. The lowest BCUT2D eigenvalue weighted by Gasteiger charge is -2.04. The summed E-state index contributed by atoms with van der Waals surface area (Å²) in [6.07, 6.45) is 1.63. The minimum atomic E-state index is -0.429. The van der Waals surface area contributed by atoms with Gasteiger partial charge < -0.3 is 14.7 Å². The van der Waals surface area contributed by atoms with Crippen LogP contribution in [0.4, 0.5) is 5.82 Å². The molecule has 0 saturated carbocycles. The summed E-state index contributed by atoms with van der Waals surface area (Å²) < 4.78 is 3.30. The Morgan fingerprint density at radius 2 is 2.09 bits per heavy atom. The van der Waals surface area contributed by atoms with E-state index in [-0.39, 0.29) is 11.7 Å². The molecular formula is C13H14N6O2S. The van der Waals surface area contributed by atoms with Crippen molar-refractivity contribution in [3.8, 4) is 0 Å². The van der Waals surface area contributed by atoms with Gasteiger partial charge in [0, 0.05) is 19.0 Å². The molecule has 0 aliphatic heterocycles. The van der Waals surface area contributed by atoms with Crippen molar-refractivity contribution < 1.29 is 4.92 Å². The van der Waals surface area contributed by atoms with Crippen molar-refractivity contribution in [1.29, 1.82) is 0 Å². The monoisotopic (exact) mass is 318 g/mol. The van der Waals surface area contributed by atoms with Crippen LogP contribution in [0.1, 0.15) is 25.6 Å². The molecule has 3 aromatic rings. The molecule has 0 aliphatic rings. The third-order valence-corrected chi connectivity index (χ3v) is 4.23. The summed E-state index contributed by atoms with van der Waals surface area (Å²) in [6.45, 7) is 4.04. The normalized spacial score (nSPS) is 11.5. The second kappa shape index (κ2) is 5.41. The van der Waals surface area contributed by atoms with Gasteiger partial charge in [-0.25, -0.2) is 0 Å². The van der Waals surface area contributed by atoms with Crippen molar-refractivity contribution in [1.82, 2.24) is 24.1 Å². The average Bonchev–Trinajstić information content (AvgIpc) is 3.00. The Labute approximate surface area is 130 Å². The Bertz CT molecular complexity index is 853. The molecular weight excluding hydrogens is 304 g/mol. The van der Waals surface area contributed by atoms with Crippen molar-refractivity contribution in [3.05, 3.63) is 40.3 Å². The predicted octanol–water partition coefficient (Wildman–Crippen LogP) is 2.65. The molecule has 114 valence electrons. The van der Waals surface area contributed by atoms with E-state index in [4.69, 9.17) is 0 Å². The highest BCUT2D eigenvalue weighted by Gasteiger charge is 2.25. The molecule has 8 nitrogen and oxygen atoms in total. The molecule has 0 amide bonds. The Hall–Kier alpha value is -2.42. The number of aromatic nitrogens is 5. The van der Waals surface area contributed by atoms with Crippen LogP contribution >= 0.6 is 11.8 Å². The van der Waals surface area contributed by atoms with Gasteiger partial charge >= 0.3 is 5.82 Å². The number of nitrogens with zero attached hydrogens (tertiary/aromatic N) is 6. The lowest BCUT2D eigenvalue weighted by atomic mass is 10.2. The summed E-state index contributed by atoms with van der Waals surface area (Å²) in [4.78, 5) is 15.3. The van der Waals surface area contributed by atoms with E-state index in [2.05, 4.69) is 15.2 Å². The Kier molecular flexibility index (Phi) is 3.57. The van der Waals surface area contributed by atoms with Crippen LogP contribution in [-0.4, -0.2) is 29.1 Å². The highest BCUT2D eigenvalue weighted by Crippen LogP contribution is 2.34. The fraction of sp³-hybridized carbons (Fsp3) is 0.308. The van der Waals surface area contributed by atoms with Crippen LogP contribution in [0, 0.1) is 10.1 Å². The van der Waals surface area contributed by atoms with Crippen molar-refractivity contribution in [2.45, 2.75) is 29.9 Å². The molecule has 0 aliphatic carbocycles. The molecule has 3 heterocycles. The van der Waals surface area contributed by atoms with E-state index in [9.17, 15) is 10.1 Å². The molecule has 0 atom stereocenters. The zero-order chi connectivity index (χ0) is 15.9. The van der Waals surface area contributed by atoms with E-state index in [1.54, 1.807) is 24.4 Å². The number of nitro groups is 1. The van der Waals surface area contributed by atoms with Gasteiger partial charge in [-0.1, -0.05) is 19.9 Å². The van der Waals surface area contributed by atoms with Crippen LogP contribution in [0.25, 0.3) is 5.65 Å². The van der Waals surface area contributed by atoms with Crippen molar-refractivity contribution in [3.63, 3.8) is 0 Å². The molecule has 3 rings (SSSR count). The molecule has 0 aromatic carbocycles. The summed E-state index contributed by atoms with van der Waals surface area (Å²) in [5, 5.41) is 20.5. The zero-order valence-corrected chi connectivity index (χ0v) is 13.1. The van der Waals surface area contributed by atoms with Gasteiger partial charge in [0.2, 0.25) is 10.7 Å². The Balaban J connectivity index is 2.07. The molecule has 0 unspecified atom stereocenters. The molecule has 9 heteroatoms. The molecule has 0 spiro atoms. The summed E-state index contributed by atoms with van der Waals surface area (Å²) in [5.41, 5.74) is 0.531. The van der Waals surface area contributed by atoms with E-state index < -0.39 is 4.92 Å². The van der Waals surface area contributed by atoms with Crippen LogP contribution in [0.2, 0.25) is 0 Å². The summed E-state index contributed by atoms with van der Waals surface area (Å²) in [7, 11) is 1.85. The Morgan fingerprint density at radius 3 is 2.73 bits per heavy atom. The van der Waals surface area contributed by atoms with Gasteiger partial charge in [0.05, 0.1) is 6.20 Å². The van der Waals surface area contributed by atoms with Gasteiger partial charge in [-0.2, -0.15) is 9.38 Å².